The lowest BCUT2D eigenvalue weighted by molar-refractivity contribution is -0.116. The SMILES string of the molecule is COc1ccc(NC(=O)CCC(C)N)cc1OCc1cccnc1.Cl.Cl. The van der Waals surface area contributed by atoms with Crippen molar-refractivity contribution in [2.75, 3.05) is 12.4 Å². The number of carbonyl (C=O) groups excluding carboxylic acids is 1. The molecule has 1 unspecified atom stereocenters. The van der Waals surface area contributed by atoms with Gasteiger partial charge in [-0.25, -0.2) is 0 Å². The molecule has 1 atom stereocenters. The molecule has 0 aliphatic carbocycles. The first-order valence-electron chi connectivity index (χ1n) is 7.83. The molecule has 1 aromatic carbocycles. The number of rotatable bonds is 8. The maximum absolute atomic E-state index is 11.9. The van der Waals surface area contributed by atoms with E-state index in [-0.39, 0.29) is 36.8 Å². The van der Waals surface area contributed by atoms with Gasteiger partial charge in [-0.15, -0.1) is 24.8 Å². The average molecular weight is 402 g/mol. The monoisotopic (exact) mass is 401 g/mol. The Kier molecular flexibility index (Phi) is 11.4. The van der Waals surface area contributed by atoms with Crippen LogP contribution in [0, 0.1) is 0 Å². The quantitative estimate of drug-likeness (QED) is 0.705. The topological polar surface area (TPSA) is 86.5 Å². The molecule has 0 saturated carbocycles. The van der Waals surface area contributed by atoms with Crippen LogP contribution in [-0.4, -0.2) is 24.0 Å². The van der Waals surface area contributed by atoms with E-state index in [1.165, 1.54) is 0 Å². The first kappa shape index (κ1) is 24.0. The van der Waals surface area contributed by atoms with Crippen LogP contribution in [0.3, 0.4) is 0 Å². The summed E-state index contributed by atoms with van der Waals surface area (Å²) in [5.41, 5.74) is 7.28. The van der Waals surface area contributed by atoms with E-state index in [0.717, 1.165) is 5.56 Å². The summed E-state index contributed by atoms with van der Waals surface area (Å²) in [6.07, 6.45) is 4.48. The number of methoxy groups -OCH3 is 1. The number of hydrogen-bond donors (Lipinski definition) is 2. The lowest BCUT2D eigenvalue weighted by atomic mass is 10.2. The van der Waals surface area contributed by atoms with E-state index in [2.05, 4.69) is 10.3 Å². The molecule has 144 valence electrons. The molecule has 0 bridgehead atoms. The van der Waals surface area contributed by atoms with Crippen molar-refractivity contribution in [3.05, 3.63) is 48.3 Å². The van der Waals surface area contributed by atoms with Gasteiger partial charge < -0.3 is 20.5 Å². The number of halogens is 2. The number of hydrogen-bond acceptors (Lipinski definition) is 5. The third-order valence-corrected chi connectivity index (χ3v) is 3.39. The second-order valence-electron chi connectivity index (χ2n) is 5.58. The lowest BCUT2D eigenvalue weighted by Crippen LogP contribution is -2.19. The molecular weight excluding hydrogens is 377 g/mol. The van der Waals surface area contributed by atoms with Crippen molar-refractivity contribution in [1.29, 1.82) is 0 Å². The molecule has 0 aliphatic rings. The summed E-state index contributed by atoms with van der Waals surface area (Å²) < 4.78 is 11.1. The summed E-state index contributed by atoms with van der Waals surface area (Å²) in [5.74, 6) is 1.09. The summed E-state index contributed by atoms with van der Waals surface area (Å²) >= 11 is 0. The molecule has 1 amide bonds. The number of pyridine rings is 1. The van der Waals surface area contributed by atoms with E-state index in [4.69, 9.17) is 15.2 Å². The largest absolute Gasteiger partial charge is 0.493 e. The standard InChI is InChI=1S/C18H23N3O3.2ClH/c1-13(19)5-8-18(22)21-15-6-7-16(23-2)17(10-15)24-12-14-4-3-9-20-11-14;;/h3-4,6-7,9-11,13H,5,8,12,19H2,1-2H3,(H,21,22);2*1H. The molecule has 1 heterocycles. The molecule has 6 nitrogen and oxygen atoms in total. The van der Waals surface area contributed by atoms with Crippen LogP contribution in [0.2, 0.25) is 0 Å². The molecule has 3 N–H and O–H groups in total. The van der Waals surface area contributed by atoms with Gasteiger partial charge in [0, 0.05) is 42.2 Å². The summed E-state index contributed by atoms with van der Waals surface area (Å²) in [6, 6.07) is 9.08. The highest BCUT2D eigenvalue weighted by Gasteiger charge is 2.09. The third-order valence-electron chi connectivity index (χ3n) is 3.39. The number of aromatic nitrogens is 1. The highest BCUT2D eigenvalue weighted by atomic mass is 35.5. The van der Waals surface area contributed by atoms with Gasteiger partial charge in [0.15, 0.2) is 11.5 Å². The highest BCUT2D eigenvalue weighted by molar-refractivity contribution is 5.91. The Hall–Kier alpha value is -2.02. The van der Waals surface area contributed by atoms with Crippen molar-refractivity contribution in [2.24, 2.45) is 5.73 Å². The fourth-order valence-corrected chi connectivity index (χ4v) is 2.09. The second-order valence-corrected chi connectivity index (χ2v) is 5.58. The van der Waals surface area contributed by atoms with Crippen LogP contribution >= 0.6 is 24.8 Å². The Morgan fingerprint density at radius 3 is 2.65 bits per heavy atom. The van der Waals surface area contributed by atoms with Crippen molar-refractivity contribution in [3.63, 3.8) is 0 Å². The molecule has 0 radical (unpaired) electrons. The van der Waals surface area contributed by atoms with Crippen molar-refractivity contribution in [1.82, 2.24) is 4.98 Å². The van der Waals surface area contributed by atoms with Crippen molar-refractivity contribution < 1.29 is 14.3 Å². The zero-order chi connectivity index (χ0) is 17.4. The van der Waals surface area contributed by atoms with Crippen LogP contribution in [0.4, 0.5) is 5.69 Å². The lowest BCUT2D eigenvalue weighted by Gasteiger charge is -2.13. The summed E-state index contributed by atoms with van der Waals surface area (Å²) in [5, 5.41) is 2.84. The minimum Gasteiger partial charge on any atom is -0.493 e. The van der Waals surface area contributed by atoms with Crippen LogP contribution in [0.1, 0.15) is 25.3 Å². The fraction of sp³-hybridized carbons (Fsp3) is 0.333. The zero-order valence-corrected chi connectivity index (χ0v) is 16.4. The molecule has 0 aliphatic heterocycles. The van der Waals surface area contributed by atoms with Gasteiger partial charge >= 0.3 is 0 Å². The van der Waals surface area contributed by atoms with Gasteiger partial charge in [-0.1, -0.05) is 6.07 Å². The second kappa shape index (κ2) is 12.4. The van der Waals surface area contributed by atoms with Gasteiger partial charge in [0.05, 0.1) is 7.11 Å². The maximum Gasteiger partial charge on any atom is 0.224 e. The van der Waals surface area contributed by atoms with Gasteiger partial charge in [-0.05, 0) is 31.5 Å². The minimum absolute atomic E-state index is 0. The number of nitrogens with one attached hydrogen (secondary N) is 1. The normalized spacial score (nSPS) is 10.7. The third kappa shape index (κ3) is 7.91. The summed E-state index contributed by atoms with van der Waals surface area (Å²) in [7, 11) is 1.58. The smallest absolute Gasteiger partial charge is 0.224 e. The first-order valence-corrected chi connectivity index (χ1v) is 7.83. The number of carbonyl (C=O) groups is 1. The number of nitrogens with zero attached hydrogens (tertiary/aromatic N) is 1. The van der Waals surface area contributed by atoms with Crippen molar-refractivity contribution >= 4 is 36.4 Å². The molecule has 0 fully saturated rings. The molecule has 2 aromatic rings. The summed E-state index contributed by atoms with van der Waals surface area (Å²) in [6.45, 7) is 2.25. The molecule has 26 heavy (non-hydrogen) atoms. The fourth-order valence-electron chi connectivity index (χ4n) is 2.09. The Labute approximate surface area is 166 Å². The molecule has 8 heteroatoms. The predicted molar refractivity (Wildman–Crippen MR) is 108 cm³/mol. The average Bonchev–Trinajstić information content (AvgIpc) is 2.59. The van der Waals surface area contributed by atoms with Crippen LogP contribution in [0.25, 0.3) is 0 Å². The number of nitrogens with two attached hydrogens (primary N) is 1. The Morgan fingerprint density at radius 2 is 2.04 bits per heavy atom. The van der Waals surface area contributed by atoms with E-state index >= 15 is 0 Å². The zero-order valence-electron chi connectivity index (χ0n) is 14.8. The highest BCUT2D eigenvalue weighted by Crippen LogP contribution is 2.31. The van der Waals surface area contributed by atoms with Crippen LogP contribution in [0.15, 0.2) is 42.7 Å². The number of amides is 1. The number of anilines is 1. The van der Waals surface area contributed by atoms with E-state index in [9.17, 15) is 4.79 Å². The van der Waals surface area contributed by atoms with Crippen molar-refractivity contribution in [3.8, 4) is 11.5 Å². The number of benzene rings is 1. The Balaban J connectivity index is 0.00000312. The van der Waals surface area contributed by atoms with Gasteiger partial charge in [-0.2, -0.15) is 0 Å². The summed E-state index contributed by atoms with van der Waals surface area (Å²) in [4.78, 5) is 16.0. The van der Waals surface area contributed by atoms with Crippen molar-refractivity contribution in [2.45, 2.75) is 32.4 Å². The van der Waals surface area contributed by atoms with Crippen LogP contribution in [0.5, 0.6) is 11.5 Å². The number of ether oxygens (including phenoxy) is 2. The van der Waals surface area contributed by atoms with E-state index < -0.39 is 0 Å². The Bertz CT molecular complexity index is 670. The molecule has 0 spiro atoms. The van der Waals surface area contributed by atoms with Gasteiger partial charge in [-0.3, -0.25) is 9.78 Å². The van der Waals surface area contributed by atoms with E-state index in [1.807, 2.05) is 19.1 Å². The first-order chi connectivity index (χ1) is 11.6. The molecular formula is C18H25Cl2N3O3. The van der Waals surface area contributed by atoms with Crippen LogP contribution < -0.4 is 20.5 Å². The van der Waals surface area contributed by atoms with E-state index in [1.54, 1.807) is 37.7 Å². The van der Waals surface area contributed by atoms with Gasteiger partial charge in [0.25, 0.3) is 0 Å². The maximum atomic E-state index is 11.9. The van der Waals surface area contributed by atoms with E-state index in [0.29, 0.717) is 36.6 Å². The van der Waals surface area contributed by atoms with Gasteiger partial charge in [0.1, 0.15) is 6.61 Å². The van der Waals surface area contributed by atoms with Crippen LogP contribution in [-0.2, 0) is 11.4 Å². The minimum atomic E-state index is -0.0734. The molecule has 2 rings (SSSR count). The predicted octanol–water partition coefficient (Wildman–Crippen LogP) is 3.58. The molecule has 1 aromatic heterocycles. The molecule has 0 saturated heterocycles. The Morgan fingerprint density at radius 1 is 1.27 bits per heavy atom. The van der Waals surface area contributed by atoms with Gasteiger partial charge in [0.2, 0.25) is 5.91 Å².